The van der Waals surface area contributed by atoms with Gasteiger partial charge in [0.15, 0.2) is 0 Å². The van der Waals surface area contributed by atoms with Gasteiger partial charge in [0.2, 0.25) is 0 Å². The predicted molar refractivity (Wildman–Crippen MR) is 209 cm³/mol. The third kappa shape index (κ3) is 10.9. The van der Waals surface area contributed by atoms with E-state index in [9.17, 15) is 24.3 Å². The molecule has 2 amide bonds. The van der Waals surface area contributed by atoms with E-state index in [0.29, 0.717) is 46.4 Å². The zero-order chi connectivity index (χ0) is 38.2. The van der Waals surface area contributed by atoms with Crippen molar-refractivity contribution in [2.45, 2.75) is 117 Å². The third-order valence-corrected chi connectivity index (χ3v) is 11.7. The number of amides is 2. The fourth-order valence-electron chi connectivity index (χ4n) is 7.83. The Morgan fingerprint density at radius 3 is 1.63 bits per heavy atom. The summed E-state index contributed by atoms with van der Waals surface area (Å²) in [7, 11) is 0. The number of nitrogens with zero attached hydrogens (tertiary/aromatic N) is 3. The average molecular weight is 764 g/mol. The quantitative estimate of drug-likeness (QED) is 0.246. The van der Waals surface area contributed by atoms with Crippen molar-refractivity contribution in [2.75, 3.05) is 45.8 Å². The highest BCUT2D eigenvalue weighted by atomic mass is 35.5. The van der Waals surface area contributed by atoms with Gasteiger partial charge in [0, 0.05) is 43.1 Å². The summed E-state index contributed by atoms with van der Waals surface area (Å²) in [4.78, 5) is 52.7. The van der Waals surface area contributed by atoms with E-state index < -0.39 is 5.60 Å². The monoisotopic (exact) mass is 762 g/mol. The lowest BCUT2D eigenvalue weighted by Crippen LogP contribution is -2.48. The largest absolute Gasteiger partial charge is 0.389 e. The first-order chi connectivity index (χ1) is 24.6. The Hall–Kier alpha value is -2.70. The first-order valence-corrected chi connectivity index (χ1v) is 19.9. The molecule has 5 rings (SSSR count). The lowest BCUT2D eigenvalue weighted by molar-refractivity contribution is -0.0325. The Labute approximate surface area is 318 Å². The lowest BCUT2D eigenvalue weighted by atomic mass is 9.84. The Bertz CT molecular complexity index is 1650. The van der Waals surface area contributed by atoms with Crippen LogP contribution in [0.4, 0.5) is 0 Å². The number of halogens is 2. The van der Waals surface area contributed by atoms with Gasteiger partial charge in [0.1, 0.15) is 11.1 Å². The molecule has 2 aromatic rings. The first-order valence-electron chi connectivity index (χ1n) is 19.2. The SMILES string of the molecule is Cc1c(Cl)cc(C(=O)NCC2CCN(CC3(O)CCCCC3)CC2)c(=O)n1C(C)C.Cc1c(Cl)cc(C(=O)NCC2CCNCC2)c(=O)n1C(C)C. The fraction of sp³-hybridized carbons (Fsp3) is 0.692. The number of hydrogen-bond acceptors (Lipinski definition) is 7. The average Bonchev–Trinajstić information content (AvgIpc) is 3.10. The molecule has 2 saturated heterocycles. The van der Waals surface area contributed by atoms with Gasteiger partial charge in [-0.1, -0.05) is 42.5 Å². The Morgan fingerprint density at radius 1 is 0.788 bits per heavy atom. The number of aromatic nitrogens is 2. The van der Waals surface area contributed by atoms with Crippen LogP contribution in [0.5, 0.6) is 0 Å². The highest BCUT2D eigenvalue weighted by molar-refractivity contribution is 6.31. The molecule has 2 aromatic heterocycles. The number of carbonyl (C=O) groups is 2. The van der Waals surface area contributed by atoms with E-state index >= 15 is 0 Å². The zero-order valence-corrected chi connectivity index (χ0v) is 33.5. The highest BCUT2D eigenvalue weighted by Crippen LogP contribution is 2.30. The summed E-state index contributed by atoms with van der Waals surface area (Å²) in [6.07, 6.45) is 9.38. The number of β-amino-alcohol motifs (C(OH)–C–C–N with tert-alkyl or cyclic N) is 1. The van der Waals surface area contributed by atoms with Crippen LogP contribution in [0.2, 0.25) is 10.0 Å². The second kappa shape index (κ2) is 19.1. The molecule has 0 unspecified atom stereocenters. The molecular formula is C39H60Cl2N6O5. The number of carbonyl (C=O) groups excluding carboxylic acids is 2. The lowest BCUT2D eigenvalue weighted by Gasteiger charge is -2.40. The minimum Gasteiger partial charge on any atom is -0.389 e. The third-order valence-electron chi connectivity index (χ3n) is 10.9. The van der Waals surface area contributed by atoms with Crippen LogP contribution in [0, 0.1) is 25.7 Å². The normalized spacial score (nSPS) is 18.6. The molecule has 290 valence electrons. The van der Waals surface area contributed by atoms with E-state index in [1.165, 1.54) is 18.6 Å². The van der Waals surface area contributed by atoms with Gasteiger partial charge >= 0.3 is 0 Å². The van der Waals surface area contributed by atoms with Crippen molar-refractivity contribution in [1.29, 1.82) is 0 Å². The van der Waals surface area contributed by atoms with E-state index in [4.69, 9.17) is 23.2 Å². The van der Waals surface area contributed by atoms with E-state index in [-0.39, 0.29) is 46.1 Å². The second-order valence-electron chi connectivity index (χ2n) is 15.6. The van der Waals surface area contributed by atoms with E-state index in [2.05, 4.69) is 20.9 Å². The summed E-state index contributed by atoms with van der Waals surface area (Å²) in [6, 6.07) is 2.87. The van der Waals surface area contributed by atoms with Crippen molar-refractivity contribution in [3.05, 3.63) is 65.4 Å². The molecule has 52 heavy (non-hydrogen) atoms. The standard InChI is InChI=1S/C23H36ClN3O3.C16H24ClN3O2/c1-16(2)27-17(3)20(24)13-19(22(27)29)21(28)25-14-18-7-11-26(12-8-18)15-23(30)9-5-4-6-10-23;1-10(2)20-11(3)14(17)8-13(16(20)22)15(21)19-9-12-4-6-18-7-5-12/h13,16,18,30H,4-12,14-15H2,1-3H3,(H,25,28);8,10,12,18H,4-7,9H2,1-3H3,(H,19,21). The second-order valence-corrected chi connectivity index (χ2v) is 16.5. The number of aliphatic hydroxyl groups is 1. The van der Waals surface area contributed by atoms with E-state index in [1.54, 1.807) is 23.0 Å². The molecule has 0 aromatic carbocycles. The Balaban J connectivity index is 0.000000244. The van der Waals surface area contributed by atoms with Gasteiger partial charge in [-0.25, -0.2) is 0 Å². The van der Waals surface area contributed by atoms with Gasteiger partial charge in [0.25, 0.3) is 22.9 Å². The summed E-state index contributed by atoms with van der Waals surface area (Å²) in [6.45, 7) is 17.0. The summed E-state index contributed by atoms with van der Waals surface area (Å²) >= 11 is 12.4. The zero-order valence-electron chi connectivity index (χ0n) is 32.0. The smallest absolute Gasteiger partial charge is 0.263 e. The van der Waals surface area contributed by atoms with E-state index in [1.807, 2.05) is 27.7 Å². The molecule has 1 saturated carbocycles. The number of piperidine rings is 2. The summed E-state index contributed by atoms with van der Waals surface area (Å²) in [5.74, 6) is 0.174. The number of nitrogens with one attached hydrogen (secondary N) is 3. The van der Waals surface area contributed by atoms with Crippen molar-refractivity contribution < 1.29 is 14.7 Å². The Kier molecular flexibility index (Phi) is 15.4. The van der Waals surface area contributed by atoms with Crippen LogP contribution in [-0.4, -0.2) is 82.4 Å². The van der Waals surface area contributed by atoms with Gasteiger partial charge < -0.3 is 35.1 Å². The molecule has 2 aliphatic heterocycles. The van der Waals surface area contributed by atoms with Gasteiger partial charge in [-0.3, -0.25) is 19.2 Å². The number of rotatable bonds is 10. The predicted octanol–water partition coefficient (Wildman–Crippen LogP) is 5.65. The van der Waals surface area contributed by atoms with Crippen LogP contribution in [0.3, 0.4) is 0 Å². The molecule has 0 bridgehead atoms. The molecule has 4 N–H and O–H groups in total. The fourth-order valence-corrected chi connectivity index (χ4v) is 8.23. The molecular weight excluding hydrogens is 703 g/mol. The molecule has 0 atom stereocenters. The minimum absolute atomic E-state index is 0.0397. The van der Waals surface area contributed by atoms with Gasteiger partial charge in [-0.15, -0.1) is 0 Å². The van der Waals surface area contributed by atoms with Gasteiger partial charge in [0.05, 0.1) is 15.6 Å². The van der Waals surface area contributed by atoms with Crippen LogP contribution >= 0.6 is 23.2 Å². The molecule has 3 fully saturated rings. The molecule has 4 heterocycles. The van der Waals surface area contributed by atoms with E-state index in [0.717, 1.165) is 84.1 Å². The van der Waals surface area contributed by atoms with Crippen molar-refractivity contribution in [1.82, 2.24) is 30.0 Å². The van der Waals surface area contributed by atoms with Crippen LogP contribution in [0.1, 0.15) is 130 Å². The molecule has 13 heteroatoms. The van der Waals surface area contributed by atoms with Crippen LogP contribution < -0.4 is 27.1 Å². The maximum atomic E-state index is 12.8. The maximum absolute atomic E-state index is 12.8. The molecule has 11 nitrogen and oxygen atoms in total. The summed E-state index contributed by atoms with van der Waals surface area (Å²) in [5, 5.41) is 20.8. The highest BCUT2D eigenvalue weighted by Gasteiger charge is 2.33. The topological polar surface area (TPSA) is 138 Å². The molecule has 0 spiro atoms. The van der Waals surface area contributed by atoms with Crippen LogP contribution in [-0.2, 0) is 0 Å². The molecule has 1 aliphatic carbocycles. The maximum Gasteiger partial charge on any atom is 0.263 e. The summed E-state index contributed by atoms with van der Waals surface area (Å²) < 4.78 is 3.15. The minimum atomic E-state index is -0.514. The molecule has 0 radical (unpaired) electrons. The van der Waals surface area contributed by atoms with Crippen molar-refractivity contribution >= 4 is 35.0 Å². The molecule has 3 aliphatic rings. The number of pyridine rings is 2. The first kappa shape index (κ1) is 42.0. The Morgan fingerprint density at radius 2 is 1.21 bits per heavy atom. The van der Waals surface area contributed by atoms with Crippen LogP contribution in [0.15, 0.2) is 21.7 Å². The summed E-state index contributed by atoms with van der Waals surface area (Å²) in [5.41, 5.74) is 0.520. The van der Waals surface area contributed by atoms with Crippen molar-refractivity contribution in [3.63, 3.8) is 0 Å². The van der Waals surface area contributed by atoms with Crippen molar-refractivity contribution in [2.24, 2.45) is 11.8 Å². The van der Waals surface area contributed by atoms with Gasteiger partial charge in [-0.05, 0) is 130 Å². The number of hydrogen-bond donors (Lipinski definition) is 4. The van der Waals surface area contributed by atoms with Crippen molar-refractivity contribution in [3.8, 4) is 0 Å². The van der Waals surface area contributed by atoms with Crippen LogP contribution in [0.25, 0.3) is 0 Å². The number of likely N-dealkylation sites (tertiary alicyclic amines) is 1. The van der Waals surface area contributed by atoms with Gasteiger partial charge in [-0.2, -0.15) is 0 Å².